The lowest BCUT2D eigenvalue weighted by Crippen LogP contribution is -2.16. The summed E-state index contributed by atoms with van der Waals surface area (Å²) in [6, 6.07) is 15.2. The summed E-state index contributed by atoms with van der Waals surface area (Å²) >= 11 is 0. The Kier molecular flexibility index (Phi) is 5.51. The van der Waals surface area contributed by atoms with Gasteiger partial charge in [-0.2, -0.15) is 0 Å². The number of hydrogen-bond donors (Lipinski definition) is 1. The maximum Gasteiger partial charge on any atom is 0.123 e. The molecule has 112 valence electrons. The van der Waals surface area contributed by atoms with Crippen molar-refractivity contribution in [3.63, 3.8) is 0 Å². The average molecular weight is 285 g/mol. The van der Waals surface area contributed by atoms with E-state index in [2.05, 4.69) is 38.1 Å². The molecule has 1 atom stereocenters. The van der Waals surface area contributed by atoms with Gasteiger partial charge in [0, 0.05) is 0 Å². The zero-order valence-electron chi connectivity index (χ0n) is 12.9. The highest BCUT2D eigenvalue weighted by Crippen LogP contribution is 2.24. The van der Waals surface area contributed by atoms with Crippen LogP contribution in [0.3, 0.4) is 0 Å². The molecule has 2 aromatic rings. The van der Waals surface area contributed by atoms with Crippen LogP contribution in [0.5, 0.6) is 0 Å². The molecule has 0 saturated carbocycles. The smallest absolute Gasteiger partial charge is 0.123 e. The lowest BCUT2D eigenvalue weighted by atomic mass is 9.86. The van der Waals surface area contributed by atoms with Crippen molar-refractivity contribution >= 4 is 0 Å². The quantitative estimate of drug-likeness (QED) is 0.821. The van der Waals surface area contributed by atoms with Crippen LogP contribution >= 0.6 is 0 Å². The number of benzene rings is 2. The molecule has 21 heavy (non-hydrogen) atoms. The fourth-order valence-electron chi connectivity index (χ4n) is 2.66. The third-order valence-electron chi connectivity index (χ3n) is 4.11. The monoisotopic (exact) mass is 285 g/mol. The zero-order chi connectivity index (χ0) is 15.2. The molecule has 0 aliphatic heterocycles. The Morgan fingerprint density at radius 1 is 0.905 bits per heavy atom. The van der Waals surface area contributed by atoms with Gasteiger partial charge in [-0.15, -0.1) is 0 Å². The fraction of sp³-hybridized carbons (Fsp3) is 0.368. The Morgan fingerprint density at radius 3 is 1.90 bits per heavy atom. The minimum Gasteiger partial charge on any atom is -0.330 e. The van der Waals surface area contributed by atoms with E-state index in [1.807, 2.05) is 12.1 Å². The van der Waals surface area contributed by atoms with Gasteiger partial charge in [0.05, 0.1) is 0 Å². The largest absolute Gasteiger partial charge is 0.330 e. The van der Waals surface area contributed by atoms with Crippen LogP contribution in [-0.4, -0.2) is 6.54 Å². The summed E-state index contributed by atoms with van der Waals surface area (Å²) < 4.78 is 12.9. The molecule has 1 unspecified atom stereocenters. The Labute approximate surface area is 127 Å². The number of nitrogens with two attached hydrogens (primary N) is 1. The van der Waals surface area contributed by atoms with Crippen LogP contribution < -0.4 is 5.73 Å². The Hall–Kier alpha value is -1.67. The third-order valence-corrected chi connectivity index (χ3v) is 4.11. The Bertz CT molecular complexity index is 543. The molecule has 0 aromatic heterocycles. The predicted octanol–water partition coefficient (Wildman–Crippen LogP) is 4.66. The van der Waals surface area contributed by atoms with Gasteiger partial charge in [0.2, 0.25) is 0 Å². The normalized spacial score (nSPS) is 12.6. The van der Waals surface area contributed by atoms with Crippen molar-refractivity contribution in [3.8, 4) is 11.1 Å². The van der Waals surface area contributed by atoms with Crippen molar-refractivity contribution in [1.82, 2.24) is 0 Å². The third kappa shape index (κ3) is 4.40. The molecule has 0 saturated heterocycles. The van der Waals surface area contributed by atoms with Crippen LogP contribution in [-0.2, 0) is 6.42 Å². The van der Waals surface area contributed by atoms with Crippen molar-refractivity contribution < 1.29 is 4.39 Å². The minimum absolute atomic E-state index is 0.197. The summed E-state index contributed by atoms with van der Waals surface area (Å²) in [5, 5.41) is 0. The standard InChI is InChI=1S/C19H24FN/c1-14(2)18(11-12-21)13-15-3-5-16(6-4-15)17-7-9-19(20)10-8-17/h3-10,14,18H,11-13,21H2,1-2H3. The Balaban J connectivity index is 2.09. The van der Waals surface area contributed by atoms with Crippen molar-refractivity contribution in [2.45, 2.75) is 26.7 Å². The van der Waals surface area contributed by atoms with Crippen molar-refractivity contribution in [2.24, 2.45) is 17.6 Å². The first-order valence-corrected chi connectivity index (χ1v) is 7.65. The lowest BCUT2D eigenvalue weighted by Gasteiger charge is -2.20. The predicted molar refractivity (Wildman–Crippen MR) is 87.5 cm³/mol. The molecule has 2 N–H and O–H groups in total. The summed E-state index contributed by atoms with van der Waals surface area (Å²) in [6.07, 6.45) is 2.13. The average Bonchev–Trinajstić information content (AvgIpc) is 2.48. The van der Waals surface area contributed by atoms with Crippen LogP contribution in [0.1, 0.15) is 25.8 Å². The van der Waals surface area contributed by atoms with Gasteiger partial charge in [-0.3, -0.25) is 0 Å². The molecule has 0 fully saturated rings. The highest BCUT2D eigenvalue weighted by molar-refractivity contribution is 5.63. The molecule has 0 radical (unpaired) electrons. The van der Waals surface area contributed by atoms with E-state index in [1.165, 1.54) is 17.7 Å². The zero-order valence-corrected chi connectivity index (χ0v) is 12.9. The van der Waals surface area contributed by atoms with Crippen LogP contribution in [0.2, 0.25) is 0 Å². The van der Waals surface area contributed by atoms with Gasteiger partial charge in [0.1, 0.15) is 5.82 Å². The minimum atomic E-state index is -0.197. The van der Waals surface area contributed by atoms with E-state index in [0.29, 0.717) is 11.8 Å². The van der Waals surface area contributed by atoms with Crippen LogP contribution in [0, 0.1) is 17.7 Å². The summed E-state index contributed by atoms with van der Waals surface area (Å²) in [5.41, 5.74) is 9.21. The maximum absolute atomic E-state index is 12.9. The highest BCUT2D eigenvalue weighted by atomic mass is 19.1. The van der Waals surface area contributed by atoms with E-state index in [1.54, 1.807) is 0 Å². The molecule has 0 heterocycles. The van der Waals surface area contributed by atoms with E-state index in [0.717, 1.165) is 30.5 Å². The second-order valence-corrected chi connectivity index (χ2v) is 5.99. The summed E-state index contributed by atoms with van der Waals surface area (Å²) in [6.45, 7) is 5.26. The number of hydrogen-bond acceptors (Lipinski definition) is 1. The second kappa shape index (κ2) is 7.37. The summed E-state index contributed by atoms with van der Waals surface area (Å²) in [7, 11) is 0. The second-order valence-electron chi connectivity index (χ2n) is 5.99. The molecule has 0 bridgehead atoms. The summed E-state index contributed by atoms with van der Waals surface area (Å²) in [5.74, 6) is 1.08. The van der Waals surface area contributed by atoms with E-state index in [4.69, 9.17) is 5.73 Å². The van der Waals surface area contributed by atoms with E-state index in [9.17, 15) is 4.39 Å². The van der Waals surface area contributed by atoms with Crippen LogP contribution in [0.25, 0.3) is 11.1 Å². The van der Waals surface area contributed by atoms with Gasteiger partial charge < -0.3 is 5.73 Å². The van der Waals surface area contributed by atoms with Crippen LogP contribution in [0.15, 0.2) is 48.5 Å². The number of rotatable bonds is 6. The Morgan fingerprint density at radius 2 is 1.43 bits per heavy atom. The topological polar surface area (TPSA) is 26.0 Å². The van der Waals surface area contributed by atoms with Gasteiger partial charge in [-0.05, 0) is 60.0 Å². The number of halogens is 1. The van der Waals surface area contributed by atoms with Gasteiger partial charge in [-0.1, -0.05) is 50.2 Å². The molecule has 0 amide bonds. The van der Waals surface area contributed by atoms with Crippen molar-refractivity contribution in [1.29, 1.82) is 0 Å². The molecule has 1 nitrogen and oxygen atoms in total. The lowest BCUT2D eigenvalue weighted by molar-refractivity contribution is 0.362. The molecule has 2 heteroatoms. The first kappa shape index (κ1) is 15.7. The maximum atomic E-state index is 12.9. The highest BCUT2D eigenvalue weighted by Gasteiger charge is 2.13. The summed E-state index contributed by atoms with van der Waals surface area (Å²) in [4.78, 5) is 0. The molecular weight excluding hydrogens is 261 g/mol. The van der Waals surface area contributed by atoms with Crippen molar-refractivity contribution in [2.75, 3.05) is 6.54 Å². The SMILES string of the molecule is CC(C)C(CCN)Cc1ccc(-c2ccc(F)cc2)cc1. The molecular formula is C19H24FN. The first-order valence-electron chi connectivity index (χ1n) is 7.65. The van der Waals surface area contributed by atoms with E-state index in [-0.39, 0.29) is 5.82 Å². The van der Waals surface area contributed by atoms with E-state index < -0.39 is 0 Å². The van der Waals surface area contributed by atoms with E-state index >= 15 is 0 Å². The van der Waals surface area contributed by atoms with Gasteiger partial charge in [0.25, 0.3) is 0 Å². The van der Waals surface area contributed by atoms with Crippen LogP contribution in [0.4, 0.5) is 4.39 Å². The molecule has 2 aromatic carbocycles. The van der Waals surface area contributed by atoms with Gasteiger partial charge in [0.15, 0.2) is 0 Å². The molecule has 0 aliphatic rings. The van der Waals surface area contributed by atoms with Crippen molar-refractivity contribution in [3.05, 3.63) is 59.9 Å². The van der Waals surface area contributed by atoms with Gasteiger partial charge in [-0.25, -0.2) is 4.39 Å². The first-order chi connectivity index (χ1) is 10.1. The molecule has 2 rings (SSSR count). The molecule has 0 spiro atoms. The molecule has 0 aliphatic carbocycles. The van der Waals surface area contributed by atoms with Gasteiger partial charge >= 0.3 is 0 Å². The fourth-order valence-corrected chi connectivity index (χ4v) is 2.66.